The summed E-state index contributed by atoms with van der Waals surface area (Å²) in [6, 6.07) is 13.2. The summed E-state index contributed by atoms with van der Waals surface area (Å²) in [5.74, 6) is -0.397. The van der Waals surface area contributed by atoms with Gasteiger partial charge in [0.25, 0.3) is 5.91 Å². The van der Waals surface area contributed by atoms with Gasteiger partial charge in [0.05, 0.1) is 11.6 Å². The Bertz CT molecular complexity index is 1190. The van der Waals surface area contributed by atoms with Gasteiger partial charge in [-0.3, -0.25) is 14.5 Å². The predicted molar refractivity (Wildman–Crippen MR) is 149 cm³/mol. The summed E-state index contributed by atoms with van der Waals surface area (Å²) in [5, 5.41) is 0. The maximum atomic E-state index is 13.6. The smallest absolute Gasteiger partial charge is 0.259 e. The van der Waals surface area contributed by atoms with Gasteiger partial charge in [0.1, 0.15) is 5.78 Å². The summed E-state index contributed by atoms with van der Waals surface area (Å²) >= 11 is 0. The van der Waals surface area contributed by atoms with Crippen LogP contribution in [0.25, 0.3) is 17.5 Å². The van der Waals surface area contributed by atoms with Crippen LogP contribution in [0.4, 0.5) is 0 Å². The van der Waals surface area contributed by atoms with Gasteiger partial charge in [-0.2, -0.15) is 0 Å². The van der Waals surface area contributed by atoms with Crippen LogP contribution in [0, 0.1) is 0 Å². The Morgan fingerprint density at radius 2 is 1.78 bits per heavy atom. The summed E-state index contributed by atoms with van der Waals surface area (Å²) in [7, 11) is 1.99. The number of nitrogens with zero attached hydrogens (tertiary/aromatic N) is 2. The fourth-order valence-corrected chi connectivity index (χ4v) is 4.55. The molecule has 2 aromatic carbocycles. The van der Waals surface area contributed by atoms with E-state index in [2.05, 4.69) is 30.2 Å². The predicted octanol–water partition coefficient (Wildman–Crippen LogP) is 6.60. The van der Waals surface area contributed by atoms with E-state index in [9.17, 15) is 14.4 Å². The summed E-state index contributed by atoms with van der Waals surface area (Å²) in [5.41, 5.74) is 5.82. The van der Waals surface area contributed by atoms with Gasteiger partial charge in [-0.05, 0) is 49.9 Å². The molecule has 0 spiro atoms. The minimum Gasteiger partial charge on any atom is -0.370 e. The van der Waals surface area contributed by atoms with Gasteiger partial charge in [0.2, 0.25) is 0 Å². The summed E-state index contributed by atoms with van der Waals surface area (Å²) in [4.78, 5) is 41.1. The van der Waals surface area contributed by atoms with E-state index in [4.69, 9.17) is 0 Å². The fraction of sp³-hybridized carbons (Fsp3) is 0.323. The number of hydrogen-bond acceptors (Lipinski definition) is 4. The zero-order valence-electron chi connectivity index (χ0n) is 22.4. The van der Waals surface area contributed by atoms with Crippen molar-refractivity contribution in [2.24, 2.45) is 0 Å². The molecule has 1 aliphatic rings. The van der Waals surface area contributed by atoms with Gasteiger partial charge in [0, 0.05) is 37.0 Å². The highest BCUT2D eigenvalue weighted by Crippen LogP contribution is 2.37. The Morgan fingerprint density at radius 1 is 1.11 bits per heavy atom. The summed E-state index contributed by atoms with van der Waals surface area (Å²) in [6.07, 6.45) is 4.39. The molecule has 0 saturated carbocycles. The van der Waals surface area contributed by atoms with Crippen molar-refractivity contribution in [2.45, 2.75) is 60.0 Å². The second-order valence-electron chi connectivity index (χ2n) is 8.69. The highest BCUT2D eigenvalue weighted by molar-refractivity contribution is 6.12. The van der Waals surface area contributed by atoms with Gasteiger partial charge in [-0.25, -0.2) is 0 Å². The number of benzene rings is 2. The lowest BCUT2D eigenvalue weighted by Gasteiger charge is -2.27. The van der Waals surface area contributed by atoms with E-state index in [1.54, 1.807) is 0 Å². The lowest BCUT2D eigenvalue weighted by molar-refractivity contribution is -0.121. The topological polar surface area (TPSA) is 57.7 Å². The maximum Gasteiger partial charge on any atom is 0.259 e. The third-order valence-electron chi connectivity index (χ3n) is 6.25. The molecule has 0 aliphatic carbocycles. The highest BCUT2D eigenvalue weighted by Gasteiger charge is 2.39. The number of allylic oxidation sites excluding steroid dienone is 1. The largest absolute Gasteiger partial charge is 0.370 e. The van der Waals surface area contributed by atoms with Crippen molar-refractivity contribution in [3.63, 3.8) is 0 Å². The number of hydrogen-bond donors (Lipinski definition) is 0. The SMILES string of the molecule is C=Cc1cccc(/C(=C/C)N(C)Cc2cccc3c2C(=O)N(C(CCC(C)=O)C(C)=O)C3=C)c1.CC. The molecule has 0 bridgehead atoms. The number of rotatable bonds is 10. The molecule has 5 nitrogen and oxygen atoms in total. The van der Waals surface area contributed by atoms with Crippen molar-refractivity contribution in [1.29, 1.82) is 0 Å². The Hall–Kier alpha value is -3.73. The zero-order chi connectivity index (χ0) is 27.0. The minimum atomic E-state index is -0.699. The molecular formula is C31H38N2O3. The van der Waals surface area contributed by atoms with Crippen LogP contribution in [0.15, 0.2) is 61.7 Å². The molecular weight excluding hydrogens is 448 g/mol. The van der Waals surface area contributed by atoms with E-state index in [0.29, 0.717) is 24.2 Å². The van der Waals surface area contributed by atoms with Gasteiger partial charge in [-0.1, -0.05) is 75.6 Å². The summed E-state index contributed by atoms with van der Waals surface area (Å²) < 4.78 is 0. The van der Waals surface area contributed by atoms with Crippen LogP contribution in [0.2, 0.25) is 0 Å². The van der Waals surface area contributed by atoms with Crippen LogP contribution >= 0.6 is 0 Å². The van der Waals surface area contributed by atoms with Gasteiger partial charge < -0.3 is 9.69 Å². The van der Waals surface area contributed by atoms with E-state index in [-0.39, 0.29) is 23.9 Å². The fourth-order valence-electron chi connectivity index (χ4n) is 4.55. The first kappa shape index (κ1) is 28.5. The van der Waals surface area contributed by atoms with Crippen molar-refractivity contribution in [3.05, 3.63) is 89.5 Å². The first-order valence-corrected chi connectivity index (χ1v) is 12.4. The monoisotopic (exact) mass is 486 g/mol. The van der Waals surface area contributed by atoms with E-state index in [0.717, 1.165) is 28.0 Å². The number of Topliss-reactive ketones (excluding diaryl/α,β-unsaturated/α-hetero) is 2. The van der Waals surface area contributed by atoms with Crippen molar-refractivity contribution in [3.8, 4) is 0 Å². The molecule has 2 aromatic rings. The summed E-state index contributed by atoms with van der Waals surface area (Å²) in [6.45, 7) is 17.4. The first-order valence-electron chi connectivity index (χ1n) is 12.4. The second-order valence-corrected chi connectivity index (χ2v) is 8.69. The molecule has 190 valence electrons. The normalized spacial score (nSPS) is 13.5. The van der Waals surface area contributed by atoms with Crippen molar-refractivity contribution in [2.75, 3.05) is 7.05 Å². The lowest BCUT2D eigenvalue weighted by atomic mass is 10.0. The third-order valence-corrected chi connectivity index (χ3v) is 6.25. The average molecular weight is 487 g/mol. The minimum absolute atomic E-state index is 0.0113. The number of ketones is 2. The quantitative estimate of drug-likeness (QED) is 0.380. The molecule has 0 radical (unpaired) electrons. The number of carbonyl (C=O) groups is 3. The zero-order valence-corrected chi connectivity index (χ0v) is 22.4. The van der Waals surface area contributed by atoms with Gasteiger partial charge >= 0.3 is 0 Å². The molecule has 1 unspecified atom stereocenters. The molecule has 0 saturated heterocycles. The van der Waals surface area contributed by atoms with Gasteiger partial charge in [0.15, 0.2) is 5.78 Å². The lowest BCUT2D eigenvalue weighted by Crippen LogP contribution is -2.40. The van der Waals surface area contributed by atoms with Crippen LogP contribution in [-0.4, -0.2) is 40.4 Å². The number of amides is 1. The van der Waals surface area contributed by atoms with E-state index < -0.39 is 6.04 Å². The molecule has 1 heterocycles. The van der Waals surface area contributed by atoms with Crippen molar-refractivity contribution < 1.29 is 14.4 Å². The first-order chi connectivity index (χ1) is 17.2. The Labute approximate surface area is 215 Å². The molecule has 36 heavy (non-hydrogen) atoms. The highest BCUT2D eigenvalue weighted by atomic mass is 16.2. The van der Waals surface area contributed by atoms with E-state index in [1.165, 1.54) is 18.7 Å². The molecule has 0 N–H and O–H groups in total. The van der Waals surface area contributed by atoms with Crippen LogP contribution in [0.5, 0.6) is 0 Å². The molecule has 0 fully saturated rings. The van der Waals surface area contributed by atoms with Crippen LogP contribution in [-0.2, 0) is 16.1 Å². The second kappa shape index (κ2) is 12.8. The molecule has 0 aromatic heterocycles. The molecule has 5 heteroatoms. The molecule has 1 atom stereocenters. The van der Waals surface area contributed by atoms with Crippen molar-refractivity contribution >= 4 is 34.9 Å². The van der Waals surface area contributed by atoms with Crippen LogP contribution in [0.1, 0.15) is 80.1 Å². The van der Waals surface area contributed by atoms with Crippen LogP contribution < -0.4 is 0 Å². The van der Waals surface area contributed by atoms with E-state index >= 15 is 0 Å². The molecule has 1 amide bonds. The number of fused-ring (bicyclic) bond motifs is 1. The third kappa shape index (κ3) is 6.09. The number of carbonyl (C=O) groups excluding carboxylic acids is 3. The Kier molecular flexibility index (Phi) is 10.2. The average Bonchev–Trinajstić information content (AvgIpc) is 3.11. The Morgan fingerprint density at radius 3 is 2.36 bits per heavy atom. The molecule has 1 aliphatic heterocycles. The van der Waals surface area contributed by atoms with E-state index in [1.807, 2.05) is 70.3 Å². The standard InChI is InChI=1S/C29H32N2O3.C2H6/c1-7-22-11-9-12-23(17-22)26(8-2)30(6)18-24-13-10-14-25-20(4)31(29(34)28(24)25)27(21(5)33)16-15-19(3)32;1-2/h7-14,17,27H,1,4,15-16,18H2,2-3,5-6H3;1-2H3/b26-8-;. The van der Waals surface area contributed by atoms with Crippen molar-refractivity contribution in [1.82, 2.24) is 9.80 Å². The molecule has 3 rings (SSSR count). The Balaban J connectivity index is 0.00000222. The van der Waals surface area contributed by atoms with Crippen LogP contribution in [0.3, 0.4) is 0 Å². The van der Waals surface area contributed by atoms with Gasteiger partial charge in [-0.15, -0.1) is 0 Å². The maximum absolute atomic E-state index is 13.6.